The van der Waals surface area contributed by atoms with Gasteiger partial charge in [0.05, 0.1) is 11.6 Å². The summed E-state index contributed by atoms with van der Waals surface area (Å²) < 4.78 is 7.19. The van der Waals surface area contributed by atoms with Crippen molar-refractivity contribution in [2.45, 2.75) is 38.8 Å². The lowest BCUT2D eigenvalue weighted by Crippen LogP contribution is -2.44. The summed E-state index contributed by atoms with van der Waals surface area (Å²) in [4.78, 5) is 51.5. The summed E-state index contributed by atoms with van der Waals surface area (Å²) in [6.45, 7) is 5.61. The highest BCUT2D eigenvalue weighted by Gasteiger charge is 2.22. The Morgan fingerprint density at radius 2 is 1.80 bits per heavy atom. The molecule has 4 rings (SSSR count). The molecule has 12 heteroatoms. The number of hydrogen-bond acceptors (Lipinski definition) is 8. The molecule has 2 aromatic heterocycles. The molecule has 1 amide bonds. The second kappa shape index (κ2) is 14.1. The molecule has 0 saturated carbocycles. The first kappa shape index (κ1) is 32.1. The number of alkyl carbamates (subject to hydrolysis) is 1. The number of rotatable bonds is 10. The average molecular weight is 662 g/mol. The van der Waals surface area contributed by atoms with Crippen LogP contribution in [0.3, 0.4) is 0 Å². The lowest BCUT2D eigenvalue weighted by atomic mass is 10.1. The molecule has 0 radical (unpaired) electrons. The quantitative estimate of drug-likeness (QED) is 0.186. The average Bonchev–Trinajstić information content (AvgIpc) is 2.97. The summed E-state index contributed by atoms with van der Waals surface area (Å²) in [5, 5.41) is 15.8. The maximum atomic E-state index is 13.7. The predicted octanol–water partition coefficient (Wildman–Crippen LogP) is 5.60. The molecule has 0 aliphatic rings. The molecule has 1 unspecified atom stereocenters. The molecule has 0 aliphatic heterocycles. The minimum atomic E-state index is -1.14. The molecule has 0 spiro atoms. The maximum absolute atomic E-state index is 13.7. The van der Waals surface area contributed by atoms with Crippen LogP contribution in [0.1, 0.15) is 42.3 Å². The number of nitrogens with one attached hydrogen (secondary N) is 2. The maximum Gasteiger partial charge on any atom is 0.407 e. The van der Waals surface area contributed by atoms with E-state index in [4.69, 9.17) is 9.72 Å². The topological polar surface area (TPSA) is 148 Å². The molecule has 0 fully saturated rings. The molecule has 0 bridgehead atoms. The van der Waals surface area contributed by atoms with Crippen molar-refractivity contribution in [2.75, 3.05) is 11.9 Å². The predicted molar refractivity (Wildman–Crippen MR) is 173 cm³/mol. The molecule has 44 heavy (non-hydrogen) atoms. The number of ether oxygens (including phenoxy) is 1. The number of nitrogens with zero attached hydrogens (tertiary/aromatic N) is 4. The fourth-order valence-corrected chi connectivity index (χ4v) is 4.90. The van der Waals surface area contributed by atoms with Crippen LogP contribution >= 0.6 is 15.9 Å². The number of pyridine rings is 1. The number of carboxylic acids is 1. The first-order chi connectivity index (χ1) is 20.9. The van der Waals surface area contributed by atoms with Crippen molar-refractivity contribution in [3.8, 4) is 11.3 Å². The van der Waals surface area contributed by atoms with E-state index in [0.717, 1.165) is 5.56 Å². The Kier molecular flexibility index (Phi) is 10.3. The number of aromatic carboxylic acids is 1. The summed E-state index contributed by atoms with van der Waals surface area (Å²) in [6, 6.07) is 17.6. The van der Waals surface area contributed by atoms with Gasteiger partial charge in [0.15, 0.2) is 5.69 Å². The van der Waals surface area contributed by atoms with Crippen LogP contribution in [0.4, 0.5) is 16.4 Å². The minimum absolute atomic E-state index is 0.0201. The lowest BCUT2D eigenvalue weighted by Gasteiger charge is -2.24. The van der Waals surface area contributed by atoms with E-state index in [1.165, 1.54) is 10.8 Å². The Labute approximate surface area is 263 Å². The number of benzene rings is 2. The van der Waals surface area contributed by atoms with Crippen LogP contribution in [0.15, 0.2) is 87.3 Å². The van der Waals surface area contributed by atoms with E-state index in [0.29, 0.717) is 22.0 Å². The molecule has 4 aromatic rings. The highest BCUT2D eigenvalue weighted by molar-refractivity contribution is 9.10. The normalized spacial score (nSPS) is 12.1. The number of carboxylic acid groups (broad SMARTS) is 1. The van der Waals surface area contributed by atoms with Gasteiger partial charge in [0, 0.05) is 47.8 Å². The SMILES string of the molecule is Cn1c(NCC(Cc2ccccc2)NC(=O)OC(C)(C)C)nc(-c2ccncc2)c(N=Cc2cccc(Br)c2C(=O)O)c1=O. The van der Waals surface area contributed by atoms with Gasteiger partial charge in [0.1, 0.15) is 11.3 Å². The van der Waals surface area contributed by atoms with E-state index in [9.17, 15) is 19.5 Å². The van der Waals surface area contributed by atoms with Crippen LogP contribution in [-0.2, 0) is 18.2 Å². The van der Waals surface area contributed by atoms with E-state index < -0.39 is 29.3 Å². The number of amides is 1. The minimum Gasteiger partial charge on any atom is -0.478 e. The first-order valence-corrected chi connectivity index (χ1v) is 14.6. The summed E-state index contributed by atoms with van der Waals surface area (Å²) in [5.41, 5.74) is 1.10. The number of carbonyl (C=O) groups excluding carboxylic acids is 1. The highest BCUT2D eigenvalue weighted by Crippen LogP contribution is 2.27. The second-order valence-corrected chi connectivity index (χ2v) is 11.8. The third kappa shape index (κ3) is 8.38. The van der Waals surface area contributed by atoms with Gasteiger partial charge in [-0.3, -0.25) is 14.3 Å². The molecule has 11 nitrogen and oxygen atoms in total. The summed E-state index contributed by atoms with van der Waals surface area (Å²) in [5.74, 6) is -0.887. The molecule has 0 saturated heterocycles. The number of aliphatic imine (C=N–C) groups is 1. The molecule has 3 N–H and O–H groups in total. The monoisotopic (exact) mass is 660 g/mol. The van der Waals surface area contributed by atoms with Gasteiger partial charge in [-0.2, -0.15) is 0 Å². The van der Waals surface area contributed by atoms with Crippen LogP contribution in [0.5, 0.6) is 0 Å². The van der Waals surface area contributed by atoms with Crippen molar-refractivity contribution < 1.29 is 19.4 Å². The standard InChI is InChI=1S/C32H33BrN6O5/c1-32(2,3)44-31(43)37-23(17-20-9-6-5-7-10-20)19-36-30-38-26(21-13-15-34-16-14-21)27(28(40)39(30)4)35-18-22-11-8-12-24(33)25(22)29(41)42/h5-16,18,23H,17,19H2,1-4H3,(H,36,38)(H,37,43)(H,41,42). The highest BCUT2D eigenvalue weighted by atomic mass is 79.9. The van der Waals surface area contributed by atoms with Crippen molar-refractivity contribution in [1.29, 1.82) is 0 Å². The van der Waals surface area contributed by atoms with E-state index in [1.54, 1.807) is 70.5 Å². The lowest BCUT2D eigenvalue weighted by molar-refractivity contribution is 0.0506. The van der Waals surface area contributed by atoms with Gasteiger partial charge in [-0.15, -0.1) is 0 Å². The van der Waals surface area contributed by atoms with Crippen molar-refractivity contribution in [1.82, 2.24) is 19.9 Å². The Bertz CT molecular complexity index is 1720. The van der Waals surface area contributed by atoms with Crippen LogP contribution in [0, 0.1) is 0 Å². The van der Waals surface area contributed by atoms with Crippen molar-refractivity contribution in [3.05, 3.63) is 105 Å². The second-order valence-electron chi connectivity index (χ2n) is 10.9. The molecule has 2 aromatic carbocycles. The van der Waals surface area contributed by atoms with Gasteiger partial charge in [0.2, 0.25) is 5.95 Å². The van der Waals surface area contributed by atoms with Crippen LogP contribution in [0.25, 0.3) is 11.3 Å². The molecular formula is C32H33BrN6O5. The van der Waals surface area contributed by atoms with Crippen LogP contribution in [-0.4, -0.2) is 56.1 Å². The third-order valence-electron chi connectivity index (χ3n) is 6.37. The smallest absolute Gasteiger partial charge is 0.407 e. The fraction of sp³-hybridized carbons (Fsp3) is 0.250. The van der Waals surface area contributed by atoms with Gasteiger partial charge >= 0.3 is 12.1 Å². The summed E-state index contributed by atoms with van der Waals surface area (Å²) >= 11 is 3.27. The Hall–Kier alpha value is -4.84. The molecule has 228 valence electrons. The van der Waals surface area contributed by atoms with E-state index in [2.05, 4.69) is 36.5 Å². The zero-order valence-corrected chi connectivity index (χ0v) is 26.3. The number of hydrogen-bond donors (Lipinski definition) is 3. The van der Waals surface area contributed by atoms with Crippen LogP contribution < -0.4 is 16.2 Å². The molecular weight excluding hydrogens is 628 g/mol. The van der Waals surface area contributed by atoms with E-state index >= 15 is 0 Å². The summed E-state index contributed by atoms with van der Waals surface area (Å²) in [6.07, 6.45) is 4.43. The number of aromatic nitrogens is 3. The van der Waals surface area contributed by atoms with Gasteiger partial charge in [0.25, 0.3) is 5.56 Å². The number of halogens is 1. The Morgan fingerprint density at radius 1 is 1.09 bits per heavy atom. The first-order valence-electron chi connectivity index (χ1n) is 13.8. The number of carbonyl (C=O) groups is 2. The van der Waals surface area contributed by atoms with Crippen molar-refractivity contribution >= 4 is 45.8 Å². The zero-order chi connectivity index (χ0) is 31.9. The Morgan fingerprint density at radius 3 is 2.45 bits per heavy atom. The van der Waals surface area contributed by atoms with Crippen molar-refractivity contribution in [2.24, 2.45) is 12.0 Å². The van der Waals surface area contributed by atoms with Gasteiger partial charge in [-0.05, 0) is 66.9 Å². The van der Waals surface area contributed by atoms with E-state index in [-0.39, 0.29) is 29.4 Å². The van der Waals surface area contributed by atoms with Crippen LogP contribution in [0.2, 0.25) is 0 Å². The van der Waals surface area contributed by atoms with Gasteiger partial charge < -0.3 is 20.5 Å². The third-order valence-corrected chi connectivity index (χ3v) is 7.03. The fourth-order valence-electron chi connectivity index (χ4n) is 4.35. The molecule has 0 aliphatic carbocycles. The largest absolute Gasteiger partial charge is 0.478 e. The van der Waals surface area contributed by atoms with Gasteiger partial charge in [-0.1, -0.05) is 42.5 Å². The van der Waals surface area contributed by atoms with Crippen molar-refractivity contribution in [3.63, 3.8) is 0 Å². The Balaban J connectivity index is 1.70. The van der Waals surface area contributed by atoms with E-state index in [1.807, 2.05) is 30.3 Å². The molecule has 1 atom stereocenters. The zero-order valence-electron chi connectivity index (χ0n) is 24.7. The molecule has 2 heterocycles. The van der Waals surface area contributed by atoms with Gasteiger partial charge in [-0.25, -0.2) is 19.6 Å². The number of anilines is 1. The summed E-state index contributed by atoms with van der Waals surface area (Å²) in [7, 11) is 1.56.